The summed E-state index contributed by atoms with van der Waals surface area (Å²) in [5, 5.41) is 3.19. The van der Waals surface area contributed by atoms with Crippen LogP contribution in [-0.4, -0.2) is 45.3 Å². The predicted molar refractivity (Wildman–Crippen MR) is 67.7 cm³/mol. The van der Waals surface area contributed by atoms with Crippen LogP contribution in [0.25, 0.3) is 0 Å². The number of rotatable bonds is 5. The molecule has 1 saturated heterocycles. The molecule has 4 heteroatoms. The van der Waals surface area contributed by atoms with Crippen LogP contribution in [0.5, 0.6) is 11.5 Å². The lowest BCUT2D eigenvalue weighted by molar-refractivity contribution is 0.142. The number of methoxy groups -OCH3 is 1. The van der Waals surface area contributed by atoms with E-state index in [1.165, 1.54) is 0 Å². The lowest BCUT2D eigenvalue weighted by Gasteiger charge is -2.28. The van der Waals surface area contributed by atoms with Gasteiger partial charge in [-0.05, 0) is 32.3 Å². The van der Waals surface area contributed by atoms with Crippen molar-refractivity contribution in [1.82, 2.24) is 10.2 Å². The maximum Gasteiger partial charge on any atom is 0.123 e. The molecular formula is C13H20N2O2. The van der Waals surface area contributed by atoms with E-state index in [-0.39, 0.29) is 0 Å². The third-order valence-corrected chi connectivity index (χ3v) is 2.79. The summed E-state index contributed by atoms with van der Waals surface area (Å²) in [7, 11) is 5.79. The second-order valence-corrected chi connectivity index (χ2v) is 4.61. The molecule has 1 fully saturated rings. The van der Waals surface area contributed by atoms with E-state index >= 15 is 0 Å². The van der Waals surface area contributed by atoms with Crippen LogP contribution in [0.15, 0.2) is 18.2 Å². The minimum atomic E-state index is 0.315. The van der Waals surface area contributed by atoms with Crippen molar-refractivity contribution in [3.8, 4) is 11.5 Å². The van der Waals surface area contributed by atoms with Gasteiger partial charge in [0, 0.05) is 25.2 Å². The molecule has 0 radical (unpaired) electrons. The average Bonchev–Trinajstić information content (AvgIpc) is 2.23. The van der Waals surface area contributed by atoms with Crippen LogP contribution in [0, 0.1) is 0 Å². The van der Waals surface area contributed by atoms with Crippen molar-refractivity contribution in [2.45, 2.75) is 12.6 Å². The molecule has 1 heterocycles. The summed E-state index contributed by atoms with van der Waals surface area (Å²) in [5.74, 6) is 1.84. The first-order valence-corrected chi connectivity index (χ1v) is 5.88. The lowest BCUT2D eigenvalue weighted by atomic mass is 10.1. The van der Waals surface area contributed by atoms with Gasteiger partial charge >= 0.3 is 0 Å². The molecule has 2 rings (SSSR count). The second kappa shape index (κ2) is 5.38. The Bertz CT molecular complexity index is 376. The van der Waals surface area contributed by atoms with Crippen LogP contribution in [0.3, 0.4) is 0 Å². The zero-order chi connectivity index (χ0) is 12.3. The highest BCUT2D eigenvalue weighted by atomic mass is 16.5. The van der Waals surface area contributed by atoms with Crippen molar-refractivity contribution in [1.29, 1.82) is 0 Å². The van der Waals surface area contributed by atoms with Gasteiger partial charge < -0.3 is 19.7 Å². The highest BCUT2D eigenvalue weighted by Gasteiger charge is 2.18. The number of nitrogens with zero attached hydrogens (tertiary/aromatic N) is 1. The molecule has 1 aromatic carbocycles. The van der Waals surface area contributed by atoms with Crippen LogP contribution in [0.1, 0.15) is 5.56 Å². The highest BCUT2D eigenvalue weighted by Crippen LogP contribution is 2.25. The molecule has 0 atom stereocenters. The molecule has 1 N–H and O–H groups in total. The molecule has 94 valence electrons. The van der Waals surface area contributed by atoms with E-state index in [0.717, 1.165) is 36.7 Å². The first-order chi connectivity index (χ1) is 8.19. The summed E-state index contributed by atoms with van der Waals surface area (Å²) in [5.41, 5.74) is 1.15. The van der Waals surface area contributed by atoms with Gasteiger partial charge in [-0.3, -0.25) is 0 Å². The maximum absolute atomic E-state index is 5.84. The third-order valence-electron chi connectivity index (χ3n) is 2.79. The van der Waals surface area contributed by atoms with Crippen LogP contribution in [0.4, 0.5) is 0 Å². The molecule has 0 spiro atoms. The molecule has 4 nitrogen and oxygen atoms in total. The van der Waals surface area contributed by atoms with Crippen LogP contribution >= 0.6 is 0 Å². The lowest BCUT2D eigenvalue weighted by Crippen LogP contribution is -2.50. The van der Waals surface area contributed by atoms with E-state index in [9.17, 15) is 0 Å². The number of ether oxygens (including phenoxy) is 2. The molecule has 0 aliphatic carbocycles. The molecule has 0 aromatic heterocycles. The van der Waals surface area contributed by atoms with E-state index < -0.39 is 0 Å². The monoisotopic (exact) mass is 236 g/mol. The van der Waals surface area contributed by atoms with Gasteiger partial charge in [0.15, 0.2) is 0 Å². The predicted octanol–water partition coefficient (Wildman–Crippen LogP) is 1.11. The van der Waals surface area contributed by atoms with Gasteiger partial charge in [-0.15, -0.1) is 0 Å². The van der Waals surface area contributed by atoms with Crippen molar-refractivity contribution < 1.29 is 9.47 Å². The van der Waals surface area contributed by atoms with Gasteiger partial charge in [0.25, 0.3) is 0 Å². The van der Waals surface area contributed by atoms with E-state index in [2.05, 4.69) is 16.3 Å². The number of hydrogen-bond donors (Lipinski definition) is 1. The highest BCUT2D eigenvalue weighted by molar-refractivity contribution is 5.40. The van der Waals surface area contributed by atoms with Crippen LogP contribution in [-0.2, 0) is 6.54 Å². The van der Waals surface area contributed by atoms with Gasteiger partial charge in [-0.25, -0.2) is 0 Å². The van der Waals surface area contributed by atoms with Crippen LogP contribution < -0.4 is 14.8 Å². The molecule has 17 heavy (non-hydrogen) atoms. The molecule has 0 unspecified atom stereocenters. The van der Waals surface area contributed by atoms with Crippen LogP contribution in [0.2, 0.25) is 0 Å². The quantitative estimate of drug-likeness (QED) is 0.830. The molecule has 1 aliphatic rings. The van der Waals surface area contributed by atoms with Crippen molar-refractivity contribution in [3.05, 3.63) is 23.8 Å². The summed E-state index contributed by atoms with van der Waals surface area (Å²) in [6.45, 7) is 2.73. The second-order valence-electron chi connectivity index (χ2n) is 4.61. The van der Waals surface area contributed by atoms with Crippen molar-refractivity contribution >= 4 is 0 Å². The normalized spacial score (nSPS) is 15.8. The minimum Gasteiger partial charge on any atom is -0.496 e. The van der Waals surface area contributed by atoms with Crippen molar-refractivity contribution in [3.63, 3.8) is 0 Å². The Morgan fingerprint density at radius 3 is 2.65 bits per heavy atom. The fourth-order valence-corrected chi connectivity index (χ4v) is 1.83. The summed E-state index contributed by atoms with van der Waals surface area (Å²) in [6, 6.07) is 6.01. The van der Waals surface area contributed by atoms with Gasteiger partial charge in [0.1, 0.15) is 17.6 Å². The molecule has 0 saturated carbocycles. The number of benzene rings is 1. The third kappa shape index (κ3) is 3.11. The summed E-state index contributed by atoms with van der Waals surface area (Å²) in [6.07, 6.45) is 0.315. The fraction of sp³-hybridized carbons (Fsp3) is 0.538. The standard InChI is InChI=1S/C13H20N2O2/c1-15(2)9-10-6-11(4-5-13(10)16-3)17-12-7-14-8-12/h4-6,12,14H,7-9H2,1-3H3. The van der Waals surface area contributed by atoms with Crippen molar-refractivity contribution in [2.75, 3.05) is 34.3 Å². The average molecular weight is 236 g/mol. The number of nitrogens with one attached hydrogen (secondary N) is 1. The molecule has 1 aromatic rings. The maximum atomic E-state index is 5.84. The molecule has 0 bridgehead atoms. The Balaban J connectivity index is 2.11. The number of hydrogen-bond acceptors (Lipinski definition) is 4. The first-order valence-electron chi connectivity index (χ1n) is 5.88. The zero-order valence-corrected chi connectivity index (χ0v) is 10.7. The van der Waals surface area contributed by atoms with Gasteiger partial charge in [-0.1, -0.05) is 0 Å². The summed E-state index contributed by atoms with van der Waals surface area (Å²) < 4.78 is 11.2. The molecule has 0 amide bonds. The summed E-state index contributed by atoms with van der Waals surface area (Å²) >= 11 is 0. The van der Waals surface area contributed by atoms with Crippen molar-refractivity contribution in [2.24, 2.45) is 0 Å². The van der Waals surface area contributed by atoms with Gasteiger partial charge in [0.05, 0.1) is 7.11 Å². The molecule has 1 aliphatic heterocycles. The minimum absolute atomic E-state index is 0.315. The van der Waals surface area contributed by atoms with E-state index in [0.29, 0.717) is 6.10 Å². The van der Waals surface area contributed by atoms with Gasteiger partial charge in [0.2, 0.25) is 0 Å². The SMILES string of the molecule is COc1ccc(OC2CNC2)cc1CN(C)C. The Morgan fingerprint density at radius 1 is 1.35 bits per heavy atom. The Kier molecular flexibility index (Phi) is 3.86. The fourth-order valence-electron chi connectivity index (χ4n) is 1.83. The van der Waals surface area contributed by atoms with E-state index in [1.807, 2.05) is 26.2 Å². The Labute approximate surface area is 103 Å². The zero-order valence-electron chi connectivity index (χ0n) is 10.7. The Hall–Kier alpha value is -1.26. The smallest absolute Gasteiger partial charge is 0.123 e. The van der Waals surface area contributed by atoms with E-state index in [1.54, 1.807) is 7.11 Å². The summed E-state index contributed by atoms with van der Waals surface area (Å²) in [4.78, 5) is 2.12. The first kappa shape index (κ1) is 12.2. The van der Waals surface area contributed by atoms with E-state index in [4.69, 9.17) is 9.47 Å². The largest absolute Gasteiger partial charge is 0.496 e. The topological polar surface area (TPSA) is 33.7 Å². The Morgan fingerprint density at radius 2 is 2.12 bits per heavy atom. The van der Waals surface area contributed by atoms with Gasteiger partial charge in [-0.2, -0.15) is 0 Å². The molecular weight excluding hydrogens is 216 g/mol.